The molecular formula is C26H48O5. The van der Waals surface area contributed by atoms with Gasteiger partial charge < -0.3 is 14.6 Å². The molecule has 2 fully saturated rings. The fraction of sp³-hybridized carbons (Fsp3) is 0.769. The van der Waals surface area contributed by atoms with Gasteiger partial charge in [-0.3, -0.25) is 9.59 Å². The summed E-state index contributed by atoms with van der Waals surface area (Å²) in [6.45, 7) is 15.7. The molecule has 0 aromatic heterocycles. The first kappa shape index (κ1) is 31.6. The Hall–Kier alpha value is -1.62. The lowest BCUT2D eigenvalue weighted by molar-refractivity contribution is -0.149. The Labute approximate surface area is 191 Å². The molecule has 31 heavy (non-hydrogen) atoms. The van der Waals surface area contributed by atoms with Crippen LogP contribution in [0.15, 0.2) is 24.3 Å². The zero-order valence-electron chi connectivity index (χ0n) is 19.9. The molecule has 5 nitrogen and oxygen atoms in total. The van der Waals surface area contributed by atoms with Crippen LogP contribution in [0.1, 0.15) is 86.5 Å². The Morgan fingerprint density at radius 3 is 1.61 bits per heavy atom. The highest BCUT2D eigenvalue weighted by molar-refractivity contribution is 5.72. The second kappa shape index (κ2) is 18.0. The lowest BCUT2D eigenvalue weighted by atomic mass is 9.82. The predicted molar refractivity (Wildman–Crippen MR) is 129 cm³/mol. The molecule has 0 saturated heterocycles. The first-order valence-electron chi connectivity index (χ1n) is 11.2. The number of carbonyl (C=O) groups is 2. The zero-order chi connectivity index (χ0) is 23.1. The van der Waals surface area contributed by atoms with E-state index in [0.29, 0.717) is 18.4 Å². The normalized spacial score (nSPS) is 24.6. The highest BCUT2D eigenvalue weighted by Crippen LogP contribution is 2.30. The third-order valence-corrected chi connectivity index (χ3v) is 5.47. The van der Waals surface area contributed by atoms with Crippen molar-refractivity contribution in [3.05, 3.63) is 24.3 Å². The maximum absolute atomic E-state index is 11.6. The van der Waals surface area contributed by atoms with E-state index in [4.69, 9.17) is 14.6 Å². The highest BCUT2D eigenvalue weighted by atomic mass is 16.5. The van der Waals surface area contributed by atoms with Crippen LogP contribution < -0.4 is 0 Å². The summed E-state index contributed by atoms with van der Waals surface area (Å²) < 4.78 is 9.85. The van der Waals surface area contributed by atoms with Gasteiger partial charge in [-0.2, -0.15) is 0 Å². The van der Waals surface area contributed by atoms with Gasteiger partial charge in [-0.25, -0.2) is 0 Å². The Kier molecular flexibility index (Phi) is 18.3. The molecule has 0 bridgehead atoms. The molecule has 2 rings (SSSR count). The van der Waals surface area contributed by atoms with E-state index >= 15 is 0 Å². The molecule has 4 atom stereocenters. The van der Waals surface area contributed by atoms with Crippen LogP contribution in [0, 0.1) is 23.7 Å². The van der Waals surface area contributed by atoms with Gasteiger partial charge in [0, 0.05) is 0 Å². The molecule has 1 N–H and O–H groups in total. The van der Waals surface area contributed by atoms with Crippen molar-refractivity contribution in [3.63, 3.8) is 0 Å². The van der Waals surface area contributed by atoms with Crippen LogP contribution in [0.3, 0.4) is 0 Å². The number of methoxy groups -OCH3 is 1. The van der Waals surface area contributed by atoms with Crippen LogP contribution >= 0.6 is 0 Å². The molecule has 182 valence electrons. The first-order chi connectivity index (χ1) is 14.1. The summed E-state index contributed by atoms with van der Waals surface area (Å²) in [6.07, 6.45) is 8.91. The van der Waals surface area contributed by atoms with E-state index in [1.165, 1.54) is 26.4 Å². The number of ether oxygens (including phenoxy) is 2. The van der Waals surface area contributed by atoms with Crippen molar-refractivity contribution < 1.29 is 24.2 Å². The molecule has 0 radical (unpaired) electrons. The van der Waals surface area contributed by atoms with Crippen LogP contribution in [0.2, 0.25) is 0 Å². The Bertz CT molecular complexity index is 540. The third-order valence-electron chi connectivity index (χ3n) is 5.47. The van der Waals surface area contributed by atoms with Crippen LogP contribution in [-0.2, 0) is 19.1 Å². The van der Waals surface area contributed by atoms with E-state index in [1.54, 1.807) is 6.92 Å². The van der Waals surface area contributed by atoms with Crippen molar-refractivity contribution >= 4 is 11.9 Å². The smallest absolute Gasteiger partial charge is 0.309 e. The molecule has 2 aliphatic carbocycles. The fourth-order valence-electron chi connectivity index (χ4n) is 3.78. The molecule has 2 aliphatic rings. The number of esters is 2. The standard InChI is InChI=1S/C12H20O2.C9H16O2.C4H8O.CH4/c1-9(2)8-14-12(13)11-6-4-5-10(3)7-11;1-7-4-3-5-8(6-7)9(10)11-2;1-4(2)3-5;/h10-11H,1,4-8H2,2-3H3;7-8H,3-6H2,1-2H3;5H,1,3H2,2H3;1H4. The molecule has 0 amide bonds. The SMILES string of the molecule is C.C=C(C)CO.C=C(C)COC(=O)C1CCCC(C)C1.COC(=O)C1CCCC(C)C1. The van der Waals surface area contributed by atoms with E-state index in [0.717, 1.165) is 43.3 Å². The van der Waals surface area contributed by atoms with Gasteiger partial charge in [-0.05, 0) is 56.9 Å². The molecular weight excluding hydrogens is 392 g/mol. The number of aliphatic hydroxyl groups is 1. The average Bonchev–Trinajstić information content (AvgIpc) is 2.72. The van der Waals surface area contributed by atoms with Gasteiger partial charge in [-0.1, -0.05) is 65.7 Å². The molecule has 2 saturated carbocycles. The van der Waals surface area contributed by atoms with E-state index < -0.39 is 0 Å². The van der Waals surface area contributed by atoms with Crippen LogP contribution in [0.5, 0.6) is 0 Å². The Morgan fingerprint density at radius 1 is 0.871 bits per heavy atom. The van der Waals surface area contributed by atoms with Crippen molar-refractivity contribution in [1.82, 2.24) is 0 Å². The summed E-state index contributed by atoms with van der Waals surface area (Å²) in [4.78, 5) is 22.7. The molecule has 4 unspecified atom stereocenters. The van der Waals surface area contributed by atoms with Crippen molar-refractivity contribution in [3.8, 4) is 0 Å². The minimum atomic E-state index is -0.0282. The monoisotopic (exact) mass is 440 g/mol. The van der Waals surface area contributed by atoms with E-state index in [9.17, 15) is 9.59 Å². The number of aliphatic hydroxyl groups excluding tert-OH is 1. The lowest BCUT2D eigenvalue weighted by Gasteiger charge is -2.25. The summed E-state index contributed by atoms with van der Waals surface area (Å²) in [7, 11) is 1.47. The number of hydrogen-bond acceptors (Lipinski definition) is 5. The van der Waals surface area contributed by atoms with Gasteiger partial charge in [0.05, 0.1) is 25.6 Å². The number of carbonyl (C=O) groups excluding carboxylic acids is 2. The van der Waals surface area contributed by atoms with Gasteiger partial charge in [0.1, 0.15) is 6.61 Å². The molecule has 0 heterocycles. The third kappa shape index (κ3) is 15.8. The van der Waals surface area contributed by atoms with Gasteiger partial charge >= 0.3 is 11.9 Å². The van der Waals surface area contributed by atoms with Crippen LogP contribution in [0.25, 0.3) is 0 Å². The average molecular weight is 441 g/mol. The predicted octanol–water partition coefficient (Wildman–Crippen LogP) is 6.11. The lowest BCUT2D eigenvalue weighted by Crippen LogP contribution is -2.24. The minimum Gasteiger partial charge on any atom is -0.469 e. The molecule has 0 spiro atoms. The van der Waals surface area contributed by atoms with Crippen LogP contribution in [-0.4, -0.2) is 37.4 Å². The topological polar surface area (TPSA) is 72.8 Å². The van der Waals surface area contributed by atoms with Crippen molar-refractivity contribution in [2.24, 2.45) is 23.7 Å². The Morgan fingerprint density at radius 2 is 1.29 bits per heavy atom. The summed E-state index contributed by atoms with van der Waals surface area (Å²) in [5, 5.41) is 8.04. The maximum atomic E-state index is 11.6. The summed E-state index contributed by atoms with van der Waals surface area (Å²) >= 11 is 0. The zero-order valence-corrected chi connectivity index (χ0v) is 19.9. The minimum absolute atomic E-state index is 0. The largest absolute Gasteiger partial charge is 0.469 e. The number of rotatable bonds is 5. The van der Waals surface area contributed by atoms with Gasteiger partial charge in [0.15, 0.2) is 0 Å². The van der Waals surface area contributed by atoms with Gasteiger partial charge in [0.25, 0.3) is 0 Å². The molecule has 5 heteroatoms. The second-order valence-electron chi connectivity index (χ2n) is 9.14. The summed E-state index contributed by atoms with van der Waals surface area (Å²) in [5.74, 6) is 1.65. The molecule has 0 aromatic carbocycles. The van der Waals surface area contributed by atoms with Crippen molar-refractivity contribution in [1.29, 1.82) is 0 Å². The van der Waals surface area contributed by atoms with E-state index in [-0.39, 0.29) is 37.8 Å². The summed E-state index contributed by atoms with van der Waals surface area (Å²) in [5.41, 5.74) is 1.72. The second-order valence-corrected chi connectivity index (χ2v) is 9.14. The molecule has 0 aliphatic heterocycles. The van der Waals surface area contributed by atoms with Crippen molar-refractivity contribution in [2.45, 2.75) is 86.5 Å². The fourth-order valence-corrected chi connectivity index (χ4v) is 3.78. The first-order valence-corrected chi connectivity index (χ1v) is 11.2. The van der Waals surface area contributed by atoms with E-state index in [2.05, 4.69) is 27.0 Å². The quantitative estimate of drug-likeness (QED) is 0.412. The highest BCUT2D eigenvalue weighted by Gasteiger charge is 2.26. The molecule has 0 aromatic rings. The Balaban J connectivity index is 0. The van der Waals surface area contributed by atoms with Crippen LogP contribution in [0.4, 0.5) is 0 Å². The maximum Gasteiger partial charge on any atom is 0.309 e. The van der Waals surface area contributed by atoms with E-state index in [1.807, 2.05) is 6.92 Å². The summed E-state index contributed by atoms with van der Waals surface area (Å²) in [6, 6.07) is 0. The van der Waals surface area contributed by atoms with Gasteiger partial charge in [0.2, 0.25) is 0 Å². The van der Waals surface area contributed by atoms with Gasteiger partial charge in [-0.15, -0.1) is 0 Å². The van der Waals surface area contributed by atoms with Crippen molar-refractivity contribution in [2.75, 3.05) is 20.3 Å². The number of hydrogen-bond donors (Lipinski definition) is 1.